The predicted octanol–water partition coefficient (Wildman–Crippen LogP) is 2.12. The number of nitrogens with zero attached hydrogens (tertiary/aromatic N) is 3. The van der Waals surface area contributed by atoms with Crippen LogP contribution < -0.4 is 0 Å². The average Bonchev–Trinajstić information content (AvgIpc) is 2.72. The van der Waals surface area contributed by atoms with Crippen molar-refractivity contribution < 1.29 is 4.79 Å². The number of ketones is 1. The summed E-state index contributed by atoms with van der Waals surface area (Å²) in [6.07, 6.45) is 3.33. The number of hydrogen-bond donors (Lipinski definition) is 0. The summed E-state index contributed by atoms with van der Waals surface area (Å²) in [6.45, 7) is 0. The maximum absolute atomic E-state index is 11.4. The van der Waals surface area contributed by atoms with Crippen molar-refractivity contribution in [1.82, 2.24) is 15.0 Å². The van der Waals surface area contributed by atoms with Crippen LogP contribution in [0.2, 0.25) is 0 Å². The topological polar surface area (TPSA) is 47.8 Å². The molecule has 0 aliphatic heterocycles. The molecule has 0 saturated heterocycles. The zero-order valence-electron chi connectivity index (χ0n) is 8.97. The van der Waals surface area contributed by atoms with Crippen LogP contribution >= 0.6 is 0 Å². The SMILES string of the molecule is O=C1CCC[C@H](n2nnc3ccccc32)C1. The zero-order chi connectivity index (χ0) is 11.0. The van der Waals surface area contributed by atoms with E-state index in [2.05, 4.69) is 10.3 Å². The van der Waals surface area contributed by atoms with Gasteiger partial charge >= 0.3 is 0 Å². The van der Waals surface area contributed by atoms with E-state index in [4.69, 9.17) is 0 Å². The van der Waals surface area contributed by atoms with Crippen LogP contribution in [0.15, 0.2) is 24.3 Å². The van der Waals surface area contributed by atoms with Gasteiger partial charge in [0.25, 0.3) is 0 Å². The molecule has 1 heterocycles. The van der Waals surface area contributed by atoms with E-state index in [9.17, 15) is 4.79 Å². The third-order valence-electron chi connectivity index (χ3n) is 3.18. The van der Waals surface area contributed by atoms with Crippen molar-refractivity contribution in [2.24, 2.45) is 0 Å². The van der Waals surface area contributed by atoms with Crippen molar-refractivity contribution in [1.29, 1.82) is 0 Å². The molecule has 0 unspecified atom stereocenters. The summed E-state index contributed by atoms with van der Waals surface area (Å²) in [6, 6.07) is 8.09. The Bertz CT molecular complexity index is 532. The molecule has 0 spiro atoms. The first kappa shape index (κ1) is 9.51. The van der Waals surface area contributed by atoms with E-state index in [0.29, 0.717) is 12.2 Å². The van der Waals surface area contributed by atoms with E-state index in [1.165, 1.54) is 0 Å². The first-order chi connectivity index (χ1) is 7.84. The minimum Gasteiger partial charge on any atom is -0.300 e. The molecular weight excluding hydrogens is 202 g/mol. The molecule has 1 aliphatic carbocycles. The molecule has 1 saturated carbocycles. The van der Waals surface area contributed by atoms with Gasteiger partial charge in [0.05, 0.1) is 11.6 Å². The highest BCUT2D eigenvalue weighted by Gasteiger charge is 2.23. The molecule has 2 aromatic rings. The monoisotopic (exact) mass is 215 g/mol. The van der Waals surface area contributed by atoms with Gasteiger partial charge in [-0.25, -0.2) is 4.68 Å². The summed E-state index contributed by atoms with van der Waals surface area (Å²) >= 11 is 0. The van der Waals surface area contributed by atoms with Crippen molar-refractivity contribution in [2.75, 3.05) is 0 Å². The number of rotatable bonds is 1. The fraction of sp³-hybridized carbons (Fsp3) is 0.417. The normalized spacial score (nSPS) is 21.5. The highest BCUT2D eigenvalue weighted by Crippen LogP contribution is 2.27. The van der Waals surface area contributed by atoms with E-state index in [1.54, 1.807) is 0 Å². The molecule has 1 aromatic heterocycles. The molecule has 16 heavy (non-hydrogen) atoms. The van der Waals surface area contributed by atoms with Crippen LogP contribution in [0.3, 0.4) is 0 Å². The molecule has 1 fully saturated rings. The minimum absolute atomic E-state index is 0.202. The van der Waals surface area contributed by atoms with Crippen molar-refractivity contribution in [2.45, 2.75) is 31.7 Å². The number of benzene rings is 1. The van der Waals surface area contributed by atoms with Crippen LogP contribution in [0.25, 0.3) is 11.0 Å². The van der Waals surface area contributed by atoms with Gasteiger partial charge < -0.3 is 0 Å². The van der Waals surface area contributed by atoms with Gasteiger partial charge in [-0.2, -0.15) is 0 Å². The maximum Gasteiger partial charge on any atom is 0.135 e. The van der Waals surface area contributed by atoms with Gasteiger partial charge in [0.15, 0.2) is 0 Å². The lowest BCUT2D eigenvalue weighted by atomic mass is 9.94. The van der Waals surface area contributed by atoms with E-state index >= 15 is 0 Å². The zero-order valence-corrected chi connectivity index (χ0v) is 8.97. The number of hydrogen-bond acceptors (Lipinski definition) is 3. The molecular formula is C12H13N3O. The van der Waals surface area contributed by atoms with Crippen LogP contribution in [-0.2, 0) is 4.79 Å². The lowest BCUT2D eigenvalue weighted by molar-refractivity contribution is -0.121. The minimum atomic E-state index is 0.202. The van der Waals surface area contributed by atoms with Crippen molar-refractivity contribution >= 4 is 16.8 Å². The lowest BCUT2D eigenvalue weighted by Crippen LogP contribution is -2.19. The molecule has 0 radical (unpaired) electrons. The van der Waals surface area contributed by atoms with E-state index in [1.807, 2.05) is 28.9 Å². The molecule has 0 N–H and O–H groups in total. The number of carbonyl (C=O) groups is 1. The van der Waals surface area contributed by atoms with Gasteiger partial charge in [0.2, 0.25) is 0 Å². The first-order valence-corrected chi connectivity index (χ1v) is 5.66. The van der Waals surface area contributed by atoms with Gasteiger partial charge in [0, 0.05) is 12.8 Å². The van der Waals surface area contributed by atoms with Crippen LogP contribution in [-0.4, -0.2) is 20.8 Å². The average molecular weight is 215 g/mol. The summed E-state index contributed by atoms with van der Waals surface area (Å²) in [7, 11) is 0. The fourth-order valence-corrected chi connectivity index (χ4v) is 2.37. The number of fused-ring (bicyclic) bond motifs is 1. The quantitative estimate of drug-likeness (QED) is 0.732. The summed E-state index contributed by atoms with van der Waals surface area (Å²) in [4.78, 5) is 11.4. The summed E-state index contributed by atoms with van der Waals surface area (Å²) in [5.41, 5.74) is 1.93. The van der Waals surface area contributed by atoms with Gasteiger partial charge in [-0.3, -0.25) is 4.79 Å². The maximum atomic E-state index is 11.4. The number of aromatic nitrogens is 3. The van der Waals surface area contributed by atoms with E-state index in [-0.39, 0.29) is 6.04 Å². The molecule has 0 bridgehead atoms. The number of carbonyl (C=O) groups excluding carboxylic acids is 1. The highest BCUT2D eigenvalue weighted by molar-refractivity contribution is 5.80. The van der Waals surface area contributed by atoms with Gasteiger partial charge in [0.1, 0.15) is 11.3 Å². The Balaban J connectivity index is 2.02. The Hall–Kier alpha value is -1.71. The molecule has 1 atom stereocenters. The first-order valence-electron chi connectivity index (χ1n) is 5.66. The lowest BCUT2D eigenvalue weighted by Gasteiger charge is -2.21. The molecule has 4 heteroatoms. The fourth-order valence-electron chi connectivity index (χ4n) is 2.37. The Morgan fingerprint density at radius 1 is 1.31 bits per heavy atom. The second-order valence-electron chi connectivity index (χ2n) is 4.31. The van der Waals surface area contributed by atoms with Crippen molar-refractivity contribution in [3.63, 3.8) is 0 Å². The Morgan fingerprint density at radius 3 is 3.06 bits per heavy atom. The molecule has 1 aliphatic rings. The van der Waals surface area contributed by atoms with Gasteiger partial charge in [-0.05, 0) is 25.0 Å². The molecule has 4 nitrogen and oxygen atoms in total. The Kier molecular flexibility index (Phi) is 2.20. The number of Topliss-reactive ketones (excluding diaryl/α,β-unsaturated/α-hetero) is 1. The summed E-state index contributed by atoms with van der Waals surface area (Å²) in [5, 5.41) is 8.29. The van der Waals surface area contributed by atoms with Crippen LogP contribution in [0.1, 0.15) is 31.7 Å². The Morgan fingerprint density at radius 2 is 2.19 bits per heavy atom. The molecule has 82 valence electrons. The van der Waals surface area contributed by atoms with Crippen molar-refractivity contribution in [3.8, 4) is 0 Å². The highest BCUT2D eigenvalue weighted by atomic mass is 16.1. The van der Waals surface area contributed by atoms with Crippen LogP contribution in [0.4, 0.5) is 0 Å². The smallest absolute Gasteiger partial charge is 0.135 e. The summed E-state index contributed by atoms with van der Waals surface area (Å²) in [5.74, 6) is 0.343. The third-order valence-corrected chi connectivity index (χ3v) is 3.18. The predicted molar refractivity (Wildman–Crippen MR) is 60.0 cm³/mol. The second kappa shape index (κ2) is 3.70. The van der Waals surface area contributed by atoms with Crippen molar-refractivity contribution in [3.05, 3.63) is 24.3 Å². The second-order valence-corrected chi connectivity index (χ2v) is 4.31. The molecule has 1 aromatic carbocycles. The van der Waals surface area contributed by atoms with Gasteiger partial charge in [-0.1, -0.05) is 17.3 Å². The largest absolute Gasteiger partial charge is 0.300 e. The van der Waals surface area contributed by atoms with Crippen LogP contribution in [0.5, 0.6) is 0 Å². The van der Waals surface area contributed by atoms with E-state index < -0.39 is 0 Å². The third kappa shape index (κ3) is 1.50. The number of para-hydroxylation sites is 1. The molecule has 0 amide bonds. The molecule has 3 rings (SSSR count). The van der Waals surface area contributed by atoms with E-state index in [0.717, 1.165) is 30.3 Å². The summed E-state index contributed by atoms with van der Waals surface area (Å²) < 4.78 is 1.91. The van der Waals surface area contributed by atoms with Crippen LogP contribution in [0, 0.1) is 0 Å². The Labute approximate surface area is 93.3 Å². The standard InChI is InChI=1S/C12H13N3O/c16-10-5-3-4-9(8-10)15-12-7-2-1-6-11(12)13-14-15/h1-2,6-7,9H,3-5,8H2/t9-/m0/s1. The van der Waals surface area contributed by atoms with Gasteiger partial charge in [-0.15, -0.1) is 5.10 Å².